The summed E-state index contributed by atoms with van der Waals surface area (Å²) < 4.78 is 29.1. The van der Waals surface area contributed by atoms with Crippen LogP contribution in [0.25, 0.3) is 16.6 Å². The van der Waals surface area contributed by atoms with Crippen LogP contribution in [0.4, 0.5) is 14.5 Å². The van der Waals surface area contributed by atoms with E-state index in [1.807, 2.05) is 6.07 Å². The Morgan fingerprint density at radius 3 is 2.65 bits per heavy atom. The molecule has 6 nitrogen and oxygen atoms in total. The number of benzene rings is 3. The second-order valence-electron chi connectivity index (χ2n) is 7.20. The first-order valence-electron chi connectivity index (χ1n) is 9.93. The highest BCUT2D eigenvalue weighted by atomic mass is 35.5. The molecule has 0 spiro atoms. The third-order valence-corrected chi connectivity index (χ3v) is 6.27. The largest absolute Gasteiger partial charge is 0.325 e. The summed E-state index contributed by atoms with van der Waals surface area (Å²) in [6.07, 6.45) is 0. The summed E-state index contributed by atoms with van der Waals surface area (Å²) in [4.78, 5) is 30.5. The number of thioether (sulfide) groups is 1. The fraction of sp³-hybridized carbons (Fsp3) is 0.0833. The molecule has 0 saturated carbocycles. The molecule has 34 heavy (non-hydrogen) atoms. The molecule has 4 rings (SSSR count). The highest BCUT2D eigenvalue weighted by Crippen LogP contribution is 2.28. The van der Waals surface area contributed by atoms with Crippen LogP contribution in [0.3, 0.4) is 0 Å². The van der Waals surface area contributed by atoms with E-state index in [9.17, 15) is 18.4 Å². The van der Waals surface area contributed by atoms with E-state index in [4.69, 9.17) is 16.9 Å². The minimum atomic E-state index is -0.939. The van der Waals surface area contributed by atoms with Crippen molar-refractivity contribution < 1.29 is 13.6 Å². The lowest BCUT2D eigenvalue weighted by Gasteiger charge is -2.17. The predicted octanol–water partition coefficient (Wildman–Crippen LogP) is 5.31. The number of hydrogen-bond acceptors (Lipinski definition) is 5. The third kappa shape index (κ3) is 4.64. The Morgan fingerprint density at radius 2 is 1.94 bits per heavy atom. The zero-order valence-corrected chi connectivity index (χ0v) is 19.1. The Hall–Kier alpha value is -3.74. The number of anilines is 1. The Balaban J connectivity index is 1.72. The number of carbonyl (C=O) groups excluding carboxylic acids is 1. The minimum absolute atomic E-state index is 0.0646. The van der Waals surface area contributed by atoms with Gasteiger partial charge in [0.15, 0.2) is 5.16 Å². The molecule has 3 aromatic carbocycles. The summed E-state index contributed by atoms with van der Waals surface area (Å²) in [5.41, 5.74) is 0.298. The molecule has 1 amide bonds. The van der Waals surface area contributed by atoms with Gasteiger partial charge in [-0.3, -0.25) is 14.2 Å². The van der Waals surface area contributed by atoms with Crippen molar-refractivity contribution in [1.29, 1.82) is 5.26 Å². The first-order chi connectivity index (χ1) is 16.3. The fourth-order valence-corrected chi connectivity index (χ4v) is 4.35. The molecule has 0 aliphatic heterocycles. The molecule has 1 unspecified atom stereocenters. The van der Waals surface area contributed by atoms with Crippen LogP contribution >= 0.6 is 23.4 Å². The predicted molar refractivity (Wildman–Crippen MR) is 127 cm³/mol. The molecule has 0 fully saturated rings. The van der Waals surface area contributed by atoms with E-state index in [-0.39, 0.29) is 26.8 Å². The number of nitriles is 1. The molecule has 0 aliphatic carbocycles. The van der Waals surface area contributed by atoms with Crippen molar-refractivity contribution in [2.45, 2.75) is 17.3 Å². The Labute approximate surface area is 201 Å². The average Bonchev–Trinajstić information content (AvgIpc) is 2.80. The van der Waals surface area contributed by atoms with Crippen molar-refractivity contribution in [2.24, 2.45) is 0 Å². The maximum absolute atomic E-state index is 14.6. The lowest BCUT2D eigenvalue weighted by Crippen LogP contribution is -2.26. The van der Waals surface area contributed by atoms with Crippen LogP contribution in [0.5, 0.6) is 0 Å². The van der Waals surface area contributed by atoms with Gasteiger partial charge >= 0.3 is 0 Å². The molecule has 10 heteroatoms. The number of fused-ring (bicyclic) bond motifs is 1. The molecule has 1 N–H and O–H groups in total. The topological polar surface area (TPSA) is 87.8 Å². The van der Waals surface area contributed by atoms with Crippen LogP contribution < -0.4 is 10.9 Å². The molecular weight excluding hydrogens is 482 g/mol. The van der Waals surface area contributed by atoms with Gasteiger partial charge in [-0.15, -0.1) is 0 Å². The van der Waals surface area contributed by atoms with Gasteiger partial charge in [0.25, 0.3) is 5.56 Å². The molecule has 1 heterocycles. The average molecular weight is 497 g/mol. The number of carbonyl (C=O) groups is 1. The molecule has 170 valence electrons. The van der Waals surface area contributed by atoms with Gasteiger partial charge in [-0.05, 0) is 49.4 Å². The summed E-state index contributed by atoms with van der Waals surface area (Å²) in [7, 11) is 0. The number of hydrogen-bond donors (Lipinski definition) is 1. The highest BCUT2D eigenvalue weighted by Gasteiger charge is 2.22. The van der Waals surface area contributed by atoms with Crippen molar-refractivity contribution in [2.75, 3.05) is 5.32 Å². The van der Waals surface area contributed by atoms with Crippen molar-refractivity contribution in [1.82, 2.24) is 9.55 Å². The van der Waals surface area contributed by atoms with Gasteiger partial charge in [0.1, 0.15) is 17.7 Å². The van der Waals surface area contributed by atoms with Gasteiger partial charge in [0.05, 0.1) is 32.4 Å². The van der Waals surface area contributed by atoms with Crippen LogP contribution in [0.15, 0.2) is 70.6 Å². The number of nitrogens with zero attached hydrogens (tertiary/aromatic N) is 3. The molecule has 0 saturated heterocycles. The maximum atomic E-state index is 14.6. The minimum Gasteiger partial charge on any atom is -0.325 e. The second kappa shape index (κ2) is 9.63. The second-order valence-corrected chi connectivity index (χ2v) is 8.92. The molecule has 0 aliphatic rings. The zero-order valence-electron chi connectivity index (χ0n) is 17.6. The lowest BCUT2D eigenvalue weighted by molar-refractivity contribution is -0.115. The van der Waals surface area contributed by atoms with E-state index in [2.05, 4.69) is 10.3 Å². The van der Waals surface area contributed by atoms with Crippen molar-refractivity contribution in [3.8, 4) is 11.8 Å². The molecule has 4 aromatic rings. The van der Waals surface area contributed by atoms with E-state index in [0.717, 1.165) is 28.5 Å². The lowest BCUT2D eigenvalue weighted by atomic mass is 10.2. The summed E-state index contributed by atoms with van der Waals surface area (Å²) in [6, 6.07) is 15.8. The zero-order chi connectivity index (χ0) is 24.4. The van der Waals surface area contributed by atoms with Gasteiger partial charge in [-0.1, -0.05) is 35.5 Å². The quantitative estimate of drug-likeness (QED) is 0.299. The first kappa shape index (κ1) is 23.4. The number of para-hydroxylation sites is 1. The number of amides is 1. The molecular formula is C24H15ClF2N4O2S. The Kier molecular flexibility index (Phi) is 6.63. The van der Waals surface area contributed by atoms with Crippen molar-refractivity contribution in [3.63, 3.8) is 0 Å². The van der Waals surface area contributed by atoms with Gasteiger partial charge in [-0.25, -0.2) is 13.8 Å². The van der Waals surface area contributed by atoms with E-state index in [1.165, 1.54) is 18.2 Å². The third-order valence-electron chi connectivity index (χ3n) is 4.90. The van der Waals surface area contributed by atoms with E-state index in [0.29, 0.717) is 17.3 Å². The van der Waals surface area contributed by atoms with Gasteiger partial charge in [-0.2, -0.15) is 5.26 Å². The van der Waals surface area contributed by atoms with Crippen LogP contribution in [-0.4, -0.2) is 20.7 Å². The number of nitrogens with one attached hydrogen (secondary N) is 1. The van der Waals surface area contributed by atoms with E-state index >= 15 is 0 Å². The van der Waals surface area contributed by atoms with Crippen LogP contribution in [-0.2, 0) is 4.79 Å². The molecule has 1 atom stereocenters. The van der Waals surface area contributed by atoms with Crippen LogP contribution in [0, 0.1) is 23.0 Å². The first-order valence-corrected chi connectivity index (χ1v) is 11.2. The fourth-order valence-electron chi connectivity index (χ4n) is 3.21. The summed E-state index contributed by atoms with van der Waals surface area (Å²) >= 11 is 6.96. The standard InChI is InChI=1S/C24H15ClF2N4O2S/c1-13(22(32)29-16-8-6-14(12-28)18(25)11-16)34-24-30-20-5-3-2-4-17(20)23(33)31(24)21-9-7-15(26)10-19(21)27/h2-11,13H,1H3,(H,29,32). The monoisotopic (exact) mass is 496 g/mol. The van der Waals surface area contributed by atoms with Crippen LogP contribution in [0.1, 0.15) is 12.5 Å². The number of aromatic nitrogens is 2. The Bertz CT molecular complexity index is 1530. The smallest absolute Gasteiger partial charge is 0.266 e. The Morgan fingerprint density at radius 1 is 1.18 bits per heavy atom. The van der Waals surface area contributed by atoms with Gasteiger partial charge in [0, 0.05) is 11.8 Å². The maximum Gasteiger partial charge on any atom is 0.266 e. The number of halogens is 3. The van der Waals surface area contributed by atoms with Crippen molar-refractivity contribution in [3.05, 3.63) is 93.2 Å². The normalized spacial score (nSPS) is 11.7. The van der Waals surface area contributed by atoms with Crippen LogP contribution in [0.2, 0.25) is 5.02 Å². The molecule has 0 bridgehead atoms. The van der Waals surface area contributed by atoms with E-state index in [1.54, 1.807) is 31.2 Å². The summed E-state index contributed by atoms with van der Waals surface area (Å²) in [6.45, 7) is 1.60. The van der Waals surface area contributed by atoms with Crippen molar-refractivity contribution >= 4 is 45.9 Å². The summed E-state index contributed by atoms with van der Waals surface area (Å²) in [5, 5.41) is 11.4. The number of rotatable bonds is 5. The van der Waals surface area contributed by atoms with Gasteiger partial charge in [0.2, 0.25) is 5.91 Å². The molecule has 1 aromatic heterocycles. The van der Waals surface area contributed by atoms with E-state index < -0.39 is 28.4 Å². The SMILES string of the molecule is CC(Sc1nc2ccccc2c(=O)n1-c1ccc(F)cc1F)C(=O)Nc1ccc(C#N)c(Cl)c1. The highest BCUT2D eigenvalue weighted by molar-refractivity contribution is 8.00. The van der Waals surface area contributed by atoms with Gasteiger partial charge < -0.3 is 5.32 Å². The summed E-state index contributed by atoms with van der Waals surface area (Å²) in [5.74, 6) is -2.16. The molecule has 0 radical (unpaired) electrons.